The molecule has 0 unspecified atom stereocenters. The molecule has 19 heavy (non-hydrogen) atoms. The van der Waals surface area contributed by atoms with Gasteiger partial charge in [0.25, 0.3) is 0 Å². The highest BCUT2D eigenvalue weighted by atomic mass is 16.5. The quantitative estimate of drug-likeness (QED) is 0.702. The van der Waals surface area contributed by atoms with Crippen molar-refractivity contribution in [2.45, 2.75) is 26.2 Å². The smallest absolute Gasteiger partial charge is 0.305 e. The maximum Gasteiger partial charge on any atom is 0.305 e. The van der Waals surface area contributed by atoms with Gasteiger partial charge >= 0.3 is 5.97 Å². The van der Waals surface area contributed by atoms with Crippen molar-refractivity contribution in [1.82, 2.24) is 5.32 Å². The second-order valence-electron chi connectivity index (χ2n) is 4.26. The molecule has 0 saturated carbocycles. The van der Waals surface area contributed by atoms with Gasteiger partial charge in [0.05, 0.1) is 13.0 Å². The molecule has 0 aromatic heterocycles. The fourth-order valence-electron chi connectivity index (χ4n) is 1.53. The van der Waals surface area contributed by atoms with E-state index in [0.29, 0.717) is 19.4 Å². The minimum Gasteiger partial charge on any atom is -0.494 e. The van der Waals surface area contributed by atoms with E-state index in [1.807, 2.05) is 31.2 Å². The highest BCUT2D eigenvalue weighted by molar-refractivity contribution is 5.76. The second kappa shape index (κ2) is 8.13. The Bertz CT molecular complexity index is 431. The summed E-state index contributed by atoms with van der Waals surface area (Å²) in [4.78, 5) is 21.6. The molecule has 1 aromatic rings. The number of rotatable bonds is 8. The standard InChI is InChI=1S/C14H19NO4/c1-11-4-2-5-12(10-11)19-9-3-6-13(16)15-8-7-14(17)18/h2,4-5,10H,3,6-9H2,1H3,(H,15,16)(H,17,18). The normalized spacial score (nSPS) is 9.95. The third kappa shape index (κ3) is 7.08. The fourth-order valence-corrected chi connectivity index (χ4v) is 1.53. The van der Waals surface area contributed by atoms with Crippen molar-refractivity contribution < 1.29 is 19.4 Å². The molecule has 0 radical (unpaired) electrons. The van der Waals surface area contributed by atoms with Gasteiger partial charge in [0.15, 0.2) is 0 Å². The summed E-state index contributed by atoms with van der Waals surface area (Å²) in [5, 5.41) is 11.0. The van der Waals surface area contributed by atoms with Crippen LogP contribution in [0.2, 0.25) is 0 Å². The molecule has 2 N–H and O–H groups in total. The molecule has 0 atom stereocenters. The van der Waals surface area contributed by atoms with Gasteiger partial charge in [-0.1, -0.05) is 12.1 Å². The topological polar surface area (TPSA) is 75.6 Å². The Hall–Kier alpha value is -2.04. The minimum absolute atomic E-state index is 0.0501. The van der Waals surface area contributed by atoms with Crippen molar-refractivity contribution in [3.8, 4) is 5.75 Å². The Kier molecular flexibility index (Phi) is 6.43. The maximum atomic E-state index is 11.3. The predicted octanol–water partition coefficient (Wildman–Crippen LogP) is 1.74. The van der Waals surface area contributed by atoms with Gasteiger partial charge in [-0.2, -0.15) is 0 Å². The number of nitrogens with one attached hydrogen (secondary N) is 1. The number of aliphatic carboxylic acids is 1. The first-order chi connectivity index (χ1) is 9.08. The van der Waals surface area contributed by atoms with Crippen molar-refractivity contribution in [2.75, 3.05) is 13.2 Å². The van der Waals surface area contributed by atoms with Gasteiger partial charge in [-0.15, -0.1) is 0 Å². The molecule has 1 rings (SSSR count). The van der Waals surface area contributed by atoms with E-state index in [9.17, 15) is 9.59 Å². The molecular weight excluding hydrogens is 246 g/mol. The molecule has 5 heteroatoms. The summed E-state index contributed by atoms with van der Waals surface area (Å²) in [6, 6.07) is 7.72. The molecule has 0 aliphatic rings. The minimum atomic E-state index is -0.914. The average molecular weight is 265 g/mol. The van der Waals surface area contributed by atoms with Crippen molar-refractivity contribution in [1.29, 1.82) is 0 Å². The summed E-state index contributed by atoms with van der Waals surface area (Å²) < 4.78 is 5.51. The molecule has 0 saturated heterocycles. The zero-order valence-electron chi connectivity index (χ0n) is 11.0. The van der Waals surface area contributed by atoms with Gasteiger partial charge < -0.3 is 15.2 Å². The number of carboxylic acids is 1. The van der Waals surface area contributed by atoms with Crippen LogP contribution in [-0.4, -0.2) is 30.1 Å². The Labute approximate surface area is 112 Å². The molecule has 0 spiro atoms. The van der Waals surface area contributed by atoms with Crippen LogP contribution in [0.15, 0.2) is 24.3 Å². The van der Waals surface area contributed by atoms with Crippen LogP contribution in [0.1, 0.15) is 24.8 Å². The molecule has 0 bridgehead atoms. The molecule has 1 aromatic carbocycles. The van der Waals surface area contributed by atoms with Gasteiger partial charge in [-0.05, 0) is 31.0 Å². The molecule has 5 nitrogen and oxygen atoms in total. The van der Waals surface area contributed by atoms with Crippen LogP contribution in [0.4, 0.5) is 0 Å². The molecule has 0 aliphatic carbocycles. The van der Waals surface area contributed by atoms with Crippen LogP contribution < -0.4 is 10.1 Å². The molecule has 0 aliphatic heterocycles. The first-order valence-electron chi connectivity index (χ1n) is 6.26. The van der Waals surface area contributed by atoms with Gasteiger partial charge in [0, 0.05) is 13.0 Å². The van der Waals surface area contributed by atoms with Crippen molar-refractivity contribution in [2.24, 2.45) is 0 Å². The van der Waals surface area contributed by atoms with Crippen LogP contribution in [0, 0.1) is 6.92 Å². The Morgan fingerprint density at radius 2 is 2.11 bits per heavy atom. The Morgan fingerprint density at radius 1 is 1.32 bits per heavy atom. The van der Waals surface area contributed by atoms with E-state index in [1.165, 1.54) is 0 Å². The van der Waals surface area contributed by atoms with E-state index in [0.717, 1.165) is 11.3 Å². The molecule has 0 fully saturated rings. The van der Waals surface area contributed by atoms with E-state index >= 15 is 0 Å². The third-order valence-electron chi connectivity index (χ3n) is 2.47. The van der Waals surface area contributed by atoms with Gasteiger partial charge in [0.2, 0.25) is 5.91 Å². The van der Waals surface area contributed by atoms with Crippen molar-refractivity contribution >= 4 is 11.9 Å². The molecule has 0 heterocycles. The van der Waals surface area contributed by atoms with E-state index in [2.05, 4.69) is 5.32 Å². The van der Waals surface area contributed by atoms with Crippen LogP contribution in [0.3, 0.4) is 0 Å². The third-order valence-corrected chi connectivity index (χ3v) is 2.47. The van der Waals surface area contributed by atoms with Crippen LogP contribution in [-0.2, 0) is 9.59 Å². The lowest BCUT2D eigenvalue weighted by Gasteiger charge is -2.07. The van der Waals surface area contributed by atoms with E-state index in [-0.39, 0.29) is 18.9 Å². The van der Waals surface area contributed by atoms with Gasteiger partial charge in [-0.3, -0.25) is 9.59 Å². The first kappa shape index (κ1) is 15.0. The van der Waals surface area contributed by atoms with Crippen molar-refractivity contribution in [3.05, 3.63) is 29.8 Å². The summed E-state index contributed by atoms with van der Waals surface area (Å²) in [5.74, 6) is -0.261. The van der Waals surface area contributed by atoms with E-state index < -0.39 is 5.97 Å². The highest BCUT2D eigenvalue weighted by Gasteiger charge is 2.03. The molecular formula is C14H19NO4. The Balaban J connectivity index is 2.10. The van der Waals surface area contributed by atoms with Crippen LogP contribution in [0.25, 0.3) is 0 Å². The summed E-state index contributed by atoms with van der Waals surface area (Å²) in [5.41, 5.74) is 1.13. The summed E-state index contributed by atoms with van der Waals surface area (Å²) in [7, 11) is 0. The molecule has 1 amide bonds. The largest absolute Gasteiger partial charge is 0.494 e. The number of benzene rings is 1. The van der Waals surface area contributed by atoms with Gasteiger partial charge in [-0.25, -0.2) is 0 Å². The molecule has 104 valence electrons. The number of amides is 1. The zero-order valence-corrected chi connectivity index (χ0v) is 11.0. The second-order valence-corrected chi connectivity index (χ2v) is 4.26. The zero-order chi connectivity index (χ0) is 14.1. The monoisotopic (exact) mass is 265 g/mol. The number of carbonyl (C=O) groups excluding carboxylic acids is 1. The first-order valence-corrected chi connectivity index (χ1v) is 6.26. The van der Waals surface area contributed by atoms with Crippen molar-refractivity contribution in [3.63, 3.8) is 0 Å². The Morgan fingerprint density at radius 3 is 2.79 bits per heavy atom. The average Bonchev–Trinajstić information content (AvgIpc) is 2.34. The van der Waals surface area contributed by atoms with Crippen LogP contribution >= 0.6 is 0 Å². The maximum absolute atomic E-state index is 11.3. The summed E-state index contributed by atoms with van der Waals surface area (Å²) in [6.07, 6.45) is 0.893. The lowest BCUT2D eigenvalue weighted by molar-refractivity contribution is -0.136. The van der Waals surface area contributed by atoms with Gasteiger partial charge in [0.1, 0.15) is 5.75 Å². The number of carbonyl (C=O) groups is 2. The summed E-state index contributed by atoms with van der Waals surface area (Å²) >= 11 is 0. The predicted molar refractivity (Wildman–Crippen MR) is 71.2 cm³/mol. The highest BCUT2D eigenvalue weighted by Crippen LogP contribution is 2.12. The fraction of sp³-hybridized carbons (Fsp3) is 0.429. The van der Waals surface area contributed by atoms with Crippen LogP contribution in [0.5, 0.6) is 5.75 Å². The SMILES string of the molecule is Cc1cccc(OCCCC(=O)NCCC(=O)O)c1. The number of aryl methyl sites for hydroxylation is 1. The van der Waals surface area contributed by atoms with E-state index in [1.54, 1.807) is 0 Å². The number of ether oxygens (including phenoxy) is 1. The lowest BCUT2D eigenvalue weighted by Crippen LogP contribution is -2.26. The number of hydrogen-bond acceptors (Lipinski definition) is 3. The van der Waals surface area contributed by atoms with E-state index in [4.69, 9.17) is 9.84 Å². The number of carboxylic acid groups (broad SMARTS) is 1. The lowest BCUT2D eigenvalue weighted by atomic mass is 10.2. The number of hydrogen-bond donors (Lipinski definition) is 2. The summed E-state index contributed by atoms with van der Waals surface area (Å²) in [6.45, 7) is 2.63.